The van der Waals surface area contributed by atoms with E-state index in [1.807, 2.05) is 0 Å². The number of benzene rings is 3. The van der Waals surface area contributed by atoms with Gasteiger partial charge in [-0.25, -0.2) is 18.6 Å². The average Bonchev–Trinajstić information content (AvgIpc) is 3.07. The minimum atomic E-state index is -5.47. The number of aliphatic hydroxyl groups excluding tert-OH is 2. The molecule has 5 rings (SSSR count). The van der Waals surface area contributed by atoms with Crippen molar-refractivity contribution in [1.29, 1.82) is 0 Å². The van der Waals surface area contributed by atoms with E-state index in [4.69, 9.17) is 0 Å². The molecule has 0 aliphatic carbocycles. The number of para-hydroxylation sites is 1. The number of nitrogens with zero attached hydrogens (tertiary/aromatic N) is 4. The number of carbonyl (C=O) groups is 2. The first-order valence-corrected chi connectivity index (χ1v) is 14.8. The lowest BCUT2D eigenvalue weighted by molar-refractivity contribution is -0.199. The molecule has 3 N–H and O–H groups in total. The summed E-state index contributed by atoms with van der Waals surface area (Å²) in [5.74, 6) is -6.34. The number of halogens is 5. The van der Waals surface area contributed by atoms with E-state index in [0.717, 1.165) is 29.8 Å². The van der Waals surface area contributed by atoms with Crippen LogP contribution in [0.5, 0.6) is 0 Å². The lowest BCUT2D eigenvalue weighted by Crippen LogP contribution is -2.38. The Kier molecular flexibility index (Phi) is 9.96. The first-order chi connectivity index (χ1) is 23.6. The van der Waals surface area contributed by atoms with E-state index in [9.17, 15) is 37.8 Å². The number of anilines is 2. The number of hydrogen-bond acceptors (Lipinski definition) is 9. The second kappa shape index (κ2) is 14.0. The lowest BCUT2D eigenvalue weighted by atomic mass is 10.0. The number of amides is 1. The van der Waals surface area contributed by atoms with Crippen molar-refractivity contribution in [3.05, 3.63) is 111 Å². The Labute approximate surface area is 280 Å². The molecule has 11 nitrogen and oxygen atoms in total. The van der Waals surface area contributed by atoms with Gasteiger partial charge in [-0.15, -0.1) is 5.06 Å². The monoisotopic (exact) mass is 697 g/mol. The summed E-state index contributed by atoms with van der Waals surface area (Å²) >= 11 is 0. The Bertz CT molecular complexity index is 2170. The van der Waals surface area contributed by atoms with Gasteiger partial charge in [-0.2, -0.15) is 18.2 Å². The third kappa shape index (κ3) is 7.02. The van der Waals surface area contributed by atoms with Crippen LogP contribution in [0.15, 0.2) is 71.5 Å². The standard InChI is InChI=1S/C34H28F5N5O6/c1-17-7-9-20(13-19(17)3)31(48)44(50-32(49)34(37,38)39)22-10-8-18(2)24(14-22)28-23-11-12-27(47)43(29-25(35)5-4-6-26(29)36)30(23)42-33(41-28)40-21(15-45)16-46/h4-14,21,45-46H,15-16H2,1-3H3,(H,40,41,42). The highest BCUT2D eigenvalue weighted by atomic mass is 19.4. The first-order valence-electron chi connectivity index (χ1n) is 14.8. The topological polar surface area (TPSA) is 147 Å². The smallest absolute Gasteiger partial charge is 0.394 e. The molecule has 0 saturated heterocycles. The second-order valence-corrected chi connectivity index (χ2v) is 11.2. The highest BCUT2D eigenvalue weighted by Gasteiger charge is 2.44. The summed E-state index contributed by atoms with van der Waals surface area (Å²) in [5, 5.41) is 22.3. The van der Waals surface area contributed by atoms with Gasteiger partial charge in [-0.3, -0.25) is 14.2 Å². The van der Waals surface area contributed by atoms with Gasteiger partial charge in [0.25, 0.3) is 11.5 Å². The number of aliphatic hydroxyl groups is 2. The van der Waals surface area contributed by atoms with E-state index < -0.39 is 60.2 Å². The predicted octanol–water partition coefficient (Wildman–Crippen LogP) is 5.08. The molecule has 0 bridgehead atoms. The van der Waals surface area contributed by atoms with Crippen molar-refractivity contribution in [3.63, 3.8) is 0 Å². The highest BCUT2D eigenvalue weighted by molar-refractivity contribution is 6.06. The lowest BCUT2D eigenvalue weighted by Gasteiger charge is -2.23. The Balaban J connectivity index is 1.79. The molecule has 0 aliphatic rings. The van der Waals surface area contributed by atoms with Gasteiger partial charge < -0.3 is 20.4 Å². The van der Waals surface area contributed by atoms with E-state index in [0.29, 0.717) is 15.7 Å². The molecule has 0 fully saturated rings. The van der Waals surface area contributed by atoms with E-state index >= 15 is 8.78 Å². The van der Waals surface area contributed by atoms with Gasteiger partial charge in [-0.05, 0) is 79.9 Å². The molecule has 0 aliphatic heterocycles. The first kappa shape index (κ1) is 35.6. The van der Waals surface area contributed by atoms with E-state index in [1.165, 1.54) is 36.4 Å². The van der Waals surface area contributed by atoms with Gasteiger partial charge in [0, 0.05) is 22.6 Å². The summed E-state index contributed by atoms with van der Waals surface area (Å²) in [6, 6.07) is 12.3. The summed E-state index contributed by atoms with van der Waals surface area (Å²) < 4.78 is 71.0. The number of aryl methyl sites for hydroxylation is 3. The van der Waals surface area contributed by atoms with Gasteiger partial charge in [0.2, 0.25) is 5.95 Å². The number of hydroxylamine groups is 1. The van der Waals surface area contributed by atoms with Gasteiger partial charge >= 0.3 is 12.1 Å². The van der Waals surface area contributed by atoms with Gasteiger partial charge in [0.1, 0.15) is 17.3 Å². The van der Waals surface area contributed by atoms with Crippen LogP contribution in [0.25, 0.3) is 28.0 Å². The fourth-order valence-electron chi connectivity index (χ4n) is 4.96. The number of fused-ring (bicyclic) bond motifs is 1. The van der Waals surface area contributed by atoms with Crippen molar-refractivity contribution in [2.24, 2.45) is 0 Å². The molecular formula is C34H28F5N5O6. The molecule has 0 radical (unpaired) electrons. The van der Waals surface area contributed by atoms with Crippen LogP contribution < -0.4 is 15.9 Å². The molecule has 1 amide bonds. The van der Waals surface area contributed by atoms with Crippen LogP contribution in [0.3, 0.4) is 0 Å². The summed E-state index contributed by atoms with van der Waals surface area (Å²) in [5.41, 5.74) is -0.574. The second-order valence-electron chi connectivity index (χ2n) is 11.2. The molecule has 3 aromatic carbocycles. The highest BCUT2D eigenvalue weighted by Crippen LogP contribution is 2.35. The number of alkyl halides is 3. The zero-order chi connectivity index (χ0) is 36.5. The minimum Gasteiger partial charge on any atom is -0.394 e. The molecule has 0 spiro atoms. The Hall–Kier alpha value is -5.74. The number of rotatable bonds is 8. The Morgan fingerprint density at radius 3 is 2.18 bits per heavy atom. The van der Waals surface area contributed by atoms with Crippen molar-refractivity contribution in [2.75, 3.05) is 23.6 Å². The van der Waals surface area contributed by atoms with Gasteiger partial charge in [0.05, 0.1) is 30.6 Å². The summed E-state index contributed by atoms with van der Waals surface area (Å²) in [4.78, 5) is 52.2. The molecule has 5 aromatic rings. The quantitative estimate of drug-likeness (QED) is 0.149. The molecule has 50 heavy (non-hydrogen) atoms. The Morgan fingerprint density at radius 1 is 0.900 bits per heavy atom. The van der Waals surface area contributed by atoms with Crippen LogP contribution >= 0.6 is 0 Å². The van der Waals surface area contributed by atoms with Crippen LogP contribution in [-0.4, -0.2) is 62.1 Å². The third-order valence-corrected chi connectivity index (χ3v) is 7.74. The zero-order valence-electron chi connectivity index (χ0n) is 26.5. The maximum Gasteiger partial charge on any atom is 0.493 e. The van der Waals surface area contributed by atoms with Crippen molar-refractivity contribution in [2.45, 2.75) is 33.0 Å². The number of carbonyl (C=O) groups excluding carboxylic acids is 2. The number of nitrogens with one attached hydrogen (secondary N) is 1. The fraction of sp³-hybridized carbons (Fsp3) is 0.206. The number of hydrogen-bond donors (Lipinski definition) is 3. The summed E-state index contributed by atoms with van der Waals surface area (Å²) in [6.07, 6.45) is -5.47. The number of pyridine rings is 1. The minimum absolute atomic E-state index is 0.0157. The van der Waals surface area contributed by atoms with E-state index in [-0.39, 0.29) is 44.6 Å². The van der Waals surface area contributed by atoms with Gasteiger partial charge in [0.15, 0.2) is 5.65 Å². The summed E-state index contributed by atoms with van der Waals surface area (Å²) in [6.45, 7) is 3.81. The van der Waals surface area contributed by atoms with Gasteiger partial charge in [-0.1, -0.05) is 18.2 Å². The van der Waals surface area contributed by atoms with Crippen LogP contribution in [0.1, 0.15) is 27.0 Å². The van der Waals surface area contributed by atoms with Crippen molar-refractivity contribution in [3.8, 4) is 16.9 Å². The molecule has 2 heterocycles. The third-order valence-electron chi connectivity index (χ3n) is 7.74. The van der Waals surface area contributed by atoms with Crippen molar-refractivity contribution >= 4 is 34.5 Å². The molecule has 0 saturated carbocycles. The van der Waals surface area contributed by atoms with Crippen LogP contribution in [-0.2, 0) is 9.63 Å². The average molecular weight is 698 g/mol. The molecule has 260 valence electrons. The van der Waals surface area contributed by atoms with Crippen LogP contribution in [0.4, 0.5) is 33.6 Å². The maximum atomic E-state index is 15.1. The van der Waals surface area contributed by atoms with Crippen molar-refractivity contribution < 1.29 is 46.6 Å². The largest absolute Gasteiger partial charge is 0.493 e. The van der Waals surface area contributed by atoms with Crippen LogP contribution in [0, 0.1) is 32.4 Å². The molecule has 0 atom stereocenters. The van der Waals surface area contributed by atoms with Crippen molar-refractivity contribution in [1.82, 2.24) is 14.5 Å². The molecule has 2 aromatic heterocycles. The van der Waals surface area contributed by atoms with E-state index in [2.05, 4.69) is 20.1 Å². The SMILES string of the molecule is Cc1ccc(C(=O)N(OC(=O)C(F)(F)F)c2ccc(C)c(-c3nc(NC(CO)CO)nc4c3ccc(=O)n4-c3c(F)cccc3F)c2)cc1C. The maximum absolute atomic E-state index is 15.1. The van der Waals surface area contributed by atoms with Crippen LogP contribution in [0.2, 0.25) is 0 Å². The number of aromatic nitrogens is 3. The predicted molar refractivity (Wildman–Crippen MR) is 172 cm³/mol. The summed E-state index contributed by atoms with van der Waals surface area (Å²) in [7, 11) is 0. The molecule has 0 unspecified atom stereocenters. The van der Waals surface area contributed by atoms with E-state index in [1.54, 1.807) is 26.8 Å². The normalized spacial score (nSPS) is 11.6. The Morgan fingerprint density at radius 2 is 1.56 bits per heavy atom. The molecular weight excluding hydrogens is 669 g/mol. The zero-order valence-corrected chi connectivity index (χ0v) is 26.5. The fourth-order valence-corrected chi connectivity index (χ4v) is 4.96. The molecule has 16 heteroatoms.